The first-order valence-electron chi connectivity index (χ1n) is 17.0. The lowest BCUT2D eigenvalue weighted by Gasteiger charge is -2.39. The fraction of sp³-hybridized carbons (Fsp3) is 0.700. The van der Waals surface area contributed by atoms with Crippen LogP contribution in [0.4, 0.5) is 0 Å². The van der Waals surface area contributed by atoms with Crippen molar-refractivity contribution in [1.82, 2.24) is 0 Å². The minimum Gasteiger partial charge on any atom is -0.393 e. The van der Waals surface area contributed by atoms with Gasteiger partial charge in [-0.05, 0) is 98.9 Å². The molecule has 0 saturated heterocycles. The van der Waals surface area contributed by atoms with Crippen molar-refractivity contribution in [2.45, 2.75) is 139 Å². The quantitative estimate of drug-likeness (QED) is 0.190. The van der Waals surface area contributed by atoms with Gasteiger partial charge in [0.15, 0.2) is 0 Å². The Balaban J connectivity index is 1.64. The molecule has 0 aromatic carbocycles. The number of hydrogen-bond acceptors (Lipinski definition) is 2. The van der Waals surface area contributed by atoms with Crippen molar-refractivity contribution < 1.29 is 10.2 Å². The van der Waals surface area contributed by atoms with Gasteiger partial charge in [0.05, 0.1) is 12.2 Å². The van der Waals surface area contributed by atoms with Crippen LogP contribution in [-0.2, 0) is 0 Å². The minimum atomic E-state index is -0.292. The summed E-state index contributed by atoms with van der Waals surface area (Å²) in [4.78, 5) is 0. The molecule has 2 rings (SSSR count). The van der Waals surface area contributed by atoms with Crippen LogP contribution in [0.2, 0.25) is 0 Å². The Labute approximate surface area is 260 Å². The van der Waals surface area contributed by atoms with Crippen molar-refractivity contribution >= 4 is 0 Å². The summed E-state index contributed by atoms with van der Waals surface area (Å²) in [7, 11) is 0. The van der Waals surface area contributed by atoms with Crippen molar-refractivity contribution in [3.05, 3.63) is 71.4 Å². The van der Waals surface area contributed by atoms with Gasteiger partial charge in [-0.15, -0.1) is 0 Å². The Morgan fingerprint density at radius 3 is 2.24 bits per heavy atom. The standard InChI is InChI=1S/C40H66O2/c1-29(17-13-19-31(3)21-23-37-33(5)25-35(41)27-39(37,7)8)15-11-12-16-30(2)18-14-20-32(4)22-24-38-34(6)26-36(42)28-40(38,9)10/h11,13,15,19,21-24,26,29-32,35-36,38,41-42H,12,14,16-18,20,25,27-28H2,1-10H3/b15-11+,19-13+,23-21+,24-22+/t29?,30?,31?,32?,35-,36-,38-/m0/s1. The van der Waals surface area contributed by atoms with Crippen molar-refractivity contribution in [1.29, 1.82) is 0 Å². The Morgan fingerprint density at radius 2 is 1.57 bits per heavy atom. The molecule has 0 saturated carbocycles. The molecule has 0 amide bonds. The van der Waals surface area contributed by atoms with Gasteiger partial charge in [-0.25, -0.2) is 0 Å². The summed E-state index contributed by atoms with van der Waals surface area (Å²) in [6.45, 7) is 22.7. The van der Waals surface area contributed by atoms with Gasteiger partial charge in [0, 0.05) is 5.92 Å². The van der Waals surface area contributed by atoms with E-state index in [9.17, 15) is 10.2 Å². The molecule has 7 atom stereocenters. The molecule has 2 heteroatoms. The monoisotopic (exact) mass is 579 g/mol. The van der Waals surface area contributed by atoms with Crippen LogP contribution >= 0.6 is 0 Å². The minimum absolute atomic E-state index is 0.0456. The van der Waals surface area contributed by atoms with E-state index in [4.69, 9.17) is 0 Å². The van der Waals surface area contributed by atoms with Gasteiger partial charge >= 0.3 is 0 Å². The second-order valence-corrected chi connectivity index (χ2v) is 15.6. The average Bonchev–Trinajstić information content (AvgIpc) is 2.84. The Kier molecular flexibility index (Phi) is 14.8. The zero-order chi connectivity index (χ0) is 31.5. The lowest BCUT2D eigenvalue weighted by Crippen LogP contribution is -2.32. The van der Waals surface area contributed by atoms with Gasteiger partial charge in [0.25, 0.3) is 0 Å². The van der Waals surface area contributed by atoms with E-state index < -0.39 is 0 Å². The molecular weight excluding hydrogens is 512 g/mol. The molecule has 238 valence electrons. The molecular formula is C40H66O2. The van der Waals surface area contributed by atoms with Gasteiger partial charge < -0.3 is 10.2 Å². The third kappa shape index (κ3) is 12.5. The molecule has 0 heterocycles. The first kappa shape index (κ1) is 36.6. The number of hydrogen-bond donors (Lipinski definition) is 2. The lowest BCUT2D eigenvalue weighted by molar-refractivity contribution is 0.116. The zero-order valence-corrected chi connectivity index (χ0v) is 29.0. The third-order valence-electron chi connectivity index (χ3n) is 9.79. The highest BCUT2D eigenvalue weighted by atomic mass is 16.3. The van der Waals surface area contributed by atoms with Crippen LogP contribution in [0.3, 0.4) is 0 Å². The van der Waals surface area contributed by atoms with E-state index in [1.165, 1.54) is 48.8 Å². The zero-order valence-electron chi connectivity index (χ0n) is 29.0. The van der Waals surface area contributed by atoms with Gasteiger partial charge in [-0.3, -0.25) is 0 Å². The predicted octanol–water partition coefficient (Wildman–Crippen LogP) is 10.9. The van der Waals surface area contributed by atoms with Crippen LogP contribution in [-0.4, -0.2) is 22.4 Å². The molecule has 0 spiro atoms. The first-order valence-corrected chi connectivity index (χ1v) is 17.0. The largest absolute Gasteiger partial charge is 0.393 e. The van der Waals surface area contributed by atoms with Gasteiger partial charge in [-0.2, -0.15) is 0 Å². The molecule has 2 aliphatic carbocycles. The van der Waals surface area contributed by atoms with E-state index in [0.29, 0.717) is 23.7 Å². The molecule has 0 aromatic rings. The maximum atomic E-state index is 10.1. The molecule has 4 unspecified atom stereocenters. The van der Waals surface area contributed by atoms with Crippen molar-refractivity contribution in [2.24, 2.45) is 40.4 Å². The molecule has 0 radical (unpaired) electrons. The number of allylic oxidation sites excluding steroid dienone is 10. The van der Waals surface area contributed by atoms with Gasteiger partial charge in [0.1, 0.15) is 0 Å². The molecule has 0 fully saturated rings. The topological polar surface area (TPSA) is 40.5 Å². The second kappa shape index (κ2) is 17.0. The molecule has 0 bridgehead atoms. The lowest BCUT2D eigenvalue weighted by atomic mass is 9.67. The summed E-state index contributed by atoms with van der Waals surface area (Å²) < 4.78 is 0. The van der Waals surface area contributed by atoms with E-state index in [1.807, 2.05) is 6.08 Å². The normalized spacial score (nSPS) is 27.7. The predicted molar refractivity (Wildman–Crippen MR) is 184 cm³/mol. The first-order chi connectivity index (χ1) is 19.6. The number of rotatable bonds is 15. The maximum absolute atomic E-state index is 10.1. The summed E-state index contributed by atoms with van der Waals surface area (Å²) in [6.07, 6.45) is 30.4. The summed E-state index contributed by atoms with van der Waals surface area (Å²) in [5, 5.41) is 20.2. The third-order valence-corrected chi connectivity index (χ3v) is 9.79. The molecule has 0 aliphatic heterocycles. The smallest absolute Gasteiger partial charge is 0.0729 e. The SMILES string of the molecule is CC1=C[C@H](O)CC(C)(C)[C@H]1/C=C/C(C)CCCC(C)CC/C=C/C(C)C/C=C/C(C)/C=C/C1=C(C)C[C@H](O)CC1(C)C. The van der Waals surface area contributed by atoms with Crippen LogP contribution in [0.15, 0.2) is 71.4 Å². The Bertz CT molecular complexity index is 1000. The highest BCUT2D eigenvalue weighted by Crippen LogP contribution is 2.42. The van der Waals surface area contributed by atoms with Crippen molar-refractivity contribution in [3.8, 4) is 0 Å². The summed E-state index contributed by atoms with van der Waals surface area (Å²) in [5.41, 5.74) is 4.21. The van der Waals surface area contributed by atoms with Crippen molar-refractivity contribution in [2.75, 3.05) is 0 Å². The number of aliphatic hydroxyl groups excluding tert-OH is 2. The van der Waals surface area contributed by atoms with E-state index in [0.717, 1.165) is 31.6 Å². The Hall–Kier alpha value is -1.64. The molecule has 0 aromatic heterocycles. The fourth-order valence-electron chi connectivity index (χ4n) is 7.28. The second-order valence-electron chi connectivity index (χ2n) is 15.6. The molecule has 2 N–H and O–H groups in total. The van der Waals surface area contributed by atoms with E-state index in [1.54, 1.807) is 0 Å². The molecule has 2 nitrogen and oxygen atoms in total. The summed E-state index contributed by atoms with van der Waals surface area (Å²) >= 11 is 0. The fourth-order valence-corrected chi connectivity index (χ4v) is 7.28. The maximum Gasteiger partial charge on any atom is 0.0729 e. The highest BCUT2D eigenvalue weighted by Gasteiger charge is 2.34. The molecule has 42 heavy (non-hydrogen) atoms. The van der Waals surface area contributed by atoms with Crippen LogP contribution in [0, 0.1) is 40.4 Å². The van der Waals surface area contributed by atoms with Crippen LogP contribution in [0.5, 0.6) is 0 Å². The molecule has 2 aliphatic rings. The number of aliphatic hydroxyl groups is 2. The van der Waals surface area contributed by atoms with Crippen LogP contribution < -0.4 is 0 Å². The van der Waals surface area contributed by atoms with Gasteiger partial charge in [-0.1, -0.05) is 134 Å². The van der Waals surface area contributed by atoms with Crippen molar-refractivity contribution in [3.63, 3.8) is 0 Å². The average molecular weight is 579 g/mol. The highest BCUT2D eigenvalue weighted by molar-refractivity contribution is 5.34. The van der Waals surface area contributed by atoms with Crippen LogP contribution in [0.1, 0.15) is 127 Å². The van der Waals surface area contributed by atoms with Gasteiger partial charge in [0.2, 0.25) is 0 Å². The van der Waals surface area contributed by atoms with Crippen LogP contribution in [0.25, 0.3) is 0 Å². The summed E-state index contributed by atoms with van der Waals surface area (Å²) in [5.74, 6) is 2.80. The van der Waals surface area contributed by atoms with E-state index in [2.05, 4.69) is 118 Å². The van der Waals surface area contributed by atoms with E-state index >= 15 is 0 Å². The Morgan fingerprint density at radius 1 is 0.857 bits per heavy atom. The van der Waals surface area contributed by atoms with E-state index in [-0.39, 0.29) is 23.0 Å². The summed E-state index contributed by atoms with van der Waals surface area (Å²) in [6, 6.07) is 0.